The van der Waals surface area contributed by atoms with Gasteiger partial charge in [-0.2, -0.15) is 0 Å². The maximum absolute atomic E-state index is 10.7. The van der Waals surface area contributed by atoms with Crippen molar-refractivity contribution in [1.82, 2.24) is 0 Å². The average molecular weight is 205 g/mol. The molecule has 7 heteroatoms. The van der Waals surface area contributed by atoms with Crippen LogP contribution in [0.4, 0.5) is 0 Å². The lowest BCUT2D eigenvalue weighted by Gasteiger charge is -1.89. The summed E-state index contributed by atoms with van der Waals surface area (Å²) >= 11 is 0. The Balaban J connectivity index is 3.33. The second-order valence-electron chi connectivity index (χ2n) is 2.43. The van der Waals surface area contributed by atoms with Crippen molar-refractivity contribution < 1.29 is 22.7 Å². The molecule has 0 bridgehead atoms. The summed E-state index contributed by atoms with van der Waals surface area (Å²) in [7, 11) is -3.97. The molecule has 0 aromatic carbocycles. The van der Waals surface area contributed by atoms with E-state index in [-0.39, 0.29) is 5.56 Å². The number of carboxylic acid groups (broad SMARTS) is 1. The molecule has 0 fully saturated rings. The maximum atomic E-state index is 10.7. The van der Waals surface area contributed by atoms with Gasteiger partial charge in [-0.15, -0.1) is 0 Å². The van der Waals surface area contributed by atoms with Gasteiger partial charge < -0.3 is 9.52 Å². The fourth-order valence-electron chi connectivity index (χ4n) is 0.805. The summed E-state index contributed by atoms with van der Waals surface area (Å²) in [6.07, 6.45) is 0. The Kier molecular flexibility index (Phi) is 2.14. The molecule has 0 spiro atoms. The molecule has 0 aliphatic rings. The quantitative estimate of drug-likeness (QED) is 0.702. The molecule has 1 heterocycles. The Bertz CT molecular complexity index is 444. The van der Waals surface area contributed by atoms with E-state index in [9.17, 15) is 13.2 Å². The fraction of sp³-hybridized carbons (Fsp3) is 0.167. The van der Waals surface area contributed by atoms with Gasteiger partial charge in [0.15, 0.2) is 0 Å². The van der Waals surface area contributed by atoms with Gasteiger partial charge in [0.1, 0.15) is 0 Å². The van der Waals surface area contributed by atoms with Crippen LogP contribution in [0.3, 0.4) is 0 Å². The van der Waals surface area contributed by atoms with Crippen LogP contribution in [0.15, 0.2) is 15.6 Å². The molecule has 1 aromatic heterocycles. The summed E-state index contributed by atoms with van der Waals surface area (Å²) in [6.45, 7) is 1.42. The topological polar surface area (TPSA) is 111 Å². The molecule has 6 nitrogen and oxygen atoms in total. The summed E-state index contributed by atoms with van der Waals surface area (Å²) in [6, 6.07) is 1.07. The van der Waals surface area contributed by atoms with E-state index in [1.807, 2.05) is 0 Å². The van der Waals surface area contributed by atoms with Gasteiger partial charge >= 0.3 is 5.97 Å². The molecule has 1 rings (SSSR count). The van der Waals surface area contributed by atoms with Crippen LogP contribution >= 0.6 is 0 Å². The van der Waals surface area contributed by atoms with Crippen molar-refractivity contribution >= 4 is 16.0 Å². The first kappa shape index (κ1) is 9.75. The number of hydrogen-bond donors (Lipinski definition) is 2. The smallest absolute Gasteiger partial charge is 0.372 e. The van der Waals surface area contributed by atoms with E-state index < -0.39 is 26.8 Å². The number of carboxylic acids is 1. The number of hydrogen-bond acceptors (Lipinski definition) is 4. The van der Waals surface area contributed by atoms with E-state index in [1.165, 1.54) is 6.92 Å². The van der Waals surface area contributed by atoms with Gasteiger partial charge in [0.25, 0.3) is 10.0 Å². The van der Waals surface area contributed by atoms with Gasteiger partial charge in [0, 0.05) is 11.6 Å². The summed E-state index contributed by atoms with van der Waals surface area (Å²) in [4.78, 5) is 10.4. The number of aromatic carboxylic acids is 1. The third-order valence-corrected chi connectivity index (χ3v) is 2.13. The third kappa shape index (κ3) is 1.87. The molecule has 3 N–H and O–H groups in total. The van der Waals surface area contributed by atoms with Gasteiger partial charge in [0.05, 0.1) is 0 Å². The first-order chi connectivity index (χ1) is 5.82. The molecule has 0 unspecified atom stereocenters. The minimum atomic E-state index is -3.97. The van der Waals surface area contributed by atoms with Crippen molar-refractivity contribution in [3.8, 4) is 0 Å². The Morgan fingerprint density at radius 1 is 1.62 bits per heavy atom. The van der Waals surface area contributed by atoms with E-state index in [1.54, 1.807) is 0 Å². The van der Waals surface area contributed by atoms with Crippen LogP contribution in [0.1, 0.15) is 16.1 Å². The molecule has 0 aliphatic carbocycles. The molecule has 0 amide bonds. The number of sulfonamides is 1. The van der Waals surface area contributed by atoms with Crippen LogP contribution in [0.2, 0.25) is 0 Å². The lowest BCUT2D eigenvalue weighted by molar-refractivity contribution is 0.0655. The molecular weight excluding hydrogens is 198 g/mol. The summed E-state index contributed by atoms with van der Waals surface area (Å²) in [5.74, 6) is -1.74. The van der Waals surface area contributed by atoms with Crippen LogP contribution in [-0.2, 0) is 10.0 Å². The highest BCUT2D eigenvalue weighted by molar-refractivity contribution is 7.89. The highest BCUT2D eigenvalue weighted by Crippen LogP contribution is 2.17. The van der Waals surface area contributed by atoms with Crippen molar-refractivity contribution in [2.75, 3.05) is 0 Å². The van der Waals surface area contributed by atoms with Crippen molar-refractivity contribution in [3.05, 3.63) is 17.4 Å². The second kappa shape index (κ2) is 2.86. The van der Waals surface area contributed by atoms with Crippen LogP contribution in [-0.4, -0.2) is 19.5 Å². The maximum Gasteiger partial charge on any atom is 0.372 e. The SMILES string of the molecule is Cc1cc(S(N)(=O)=O)oc1C(=O)O. The second-order valence-corrected chi connectivity index (χ2v) is 3.92. The zero-order valence-corrected chi connectivity index (χ0v) is 7.46. The van der Waals surface area contributed by atoms with Crippen molar-refractivity contribution in [3.63, 3.8) is 0 Å². The number of furan rings is 1. The van der Waals surface area contributed by atoms with Gasteiger partial charge in [-0.1, -0.05) is 0 Å². The third-order valence-electron chi connectivity index (χ3n) is 1.37. The lowest BCUT2D eigenvalue weighted by Crippen LogP contribution is -2.10. The minimum absolute atomic E-state index is 0.219. The Hall–Kier alpha value is -1.34. The monoisotopic (exact) mass is 205 g/mol. The van der Waals surface area contributed by atoms with Gasteiger partial charge in [0.2, 0.25) is 10.9 Å². The number of primary sulfonamides is 1. The van der Waals surface area contributed by atoms with Gasteiger partial charge in [-0.05, 0) is 6.92 Å². The average Bonchev–Trinajstić information content (AvgIpc) is 2.29. The van der Waals surface area contributed by atoms with Crippen LogP contribution in [0.25, 0.3) is 0 Å². The molecule has 0 saturated carbocycles. The summed E-state index contributed by atoms with van der Waals surface area (Å²) in [5.41, 5.74) is 0.219. The molecular formula is C6H7NO5S. The highest BCUT2D eigenvalue weighted by atomic mass is 32.2. The Morgan fingerprint density at radius 3 is 2.38 bits per heavy atom. The molecule has 1 aromatic rings. The van der Waals surface area contributed by atoms with Gasteiger partial charge in [-0.3, -0.25) is 0 Å². The zero-order valence-electron chi connectivity index (χ0n) is 6.64. The molecule has 0 saturated heterocycles. The Labute approximate surface area is 74.0 Å². The largest absolute Gasteiger partial charge is 0.475 e. The zero-order chi connectivity index (χ0) is 10.2. The first-order valence-corrected chi connectivity index (χ1v) is 4.73. The highest BCUT2D eigenvalue weighted by Gasteiger charge is 2.20. The number of nitrogens with two attached hydrogens (primary N) is 1. The minimum Gasteiger partial charge on any atom is -0.475 e. The van der Waals surface area contributed by atoms with E-state index in [4.69, 9.17) is 10.2 Å². The van der Waals surface area contributed by atoms with E-state index in [2.05, 4.69) is 4.42 Å². The lowest BCUT2D eigenvalue weighted by atomic mass is 10.3. The molecule has 72 valence electrons. The Morgan fingerprint density at radius 2 is 2.15 bits per heavy atom. The number of rotatable bonds is 2. The summed E-state index contributed by atoms with van der Waals surface area (Å²) < 4.78 is 26.0. The molecule has 0 atom stereocenters. The van der Waals surface area contributed by atoms with E-state index in [0.29, 0.717) is 0 Å². The van der Waals surface area contributed by atoms with Crippen molar-refractivity contribution in [1.29, 1.82) is 0 Å². The predicted molar refractivity (Wildman–Crippen MR) is 41.8 cm³/mol. The first-order valence-electron chi connectivity index (χ1n) is 3.19. The fourth-order valence-corrected chi connectivity index (χ4v) is 1.35. The predicted octanol–water partition coefficient (Wildman–Crippen LogP) is -0.0664. The number of carbonyl (C=O) groups is 1. The summed E-state index contributed by atoms with van der Waals surface area (Å²) in [5, 5.41) is 12.7. The van der Waals surface area contributed by atoms with Crippen LogP contribution < -0.4 is 5.14 Å². The molecule has 13 heavy (non-hydrogen) atoms. The van der Waals surface area contributed by atoms with Crippen molar-refractivity contribution in [2.45, 2.75) is 12.0 Å². The van der Waals surface area contributed by atoms with E-state index >= 15 is 0 Å². The van der Waals surface area contributed by atoms with Crippen LogP contribution in [0.5, 0.6) is 0 Å². The molecule has 0 aliphatic heterocycles. The van der Waals surface area contributed by atoms with E-state index in [0.717, 1.165) is 6.07 Å². The standard InChI is InChI=1S/C6H7NO5S/c1-3-2-4(13(7,10)11)12-5(3)6(8)9/h2H,1H3,(H,8,9)(H2,7,10,11). The van der Waals surface area contributed by atoms with Crippen molar-refractivity contribution in [2.24, 2.45) is 5.14 Å². The normalized spacial score (nSPS) is 11.5. The molecule has 0 radical (unpaired) electrons. The van der Waals surface area contributed by atoms with Gasteiger partial charge in [-0.25, -0.2) is 18.4 Å². The number of aryl methyl sites for hydroxylation is 1. The van der Waals surface area contributed by atoms with Crippen LogP contribution in [0, 0.1) is 6.92 Å².